The van der Waals surface area contributed by atoms with Crippen molar-refractivity contribution in [3.05, 3.63) is 23.7 Å². The van der Waals surface area contributed by atoms with E-state index in [1.807, 2.05) is 12.1 Å². The molecule has 0 aliphatic carbocycles. The first kappa shape index (κ1) is 16.3. The summed E-state index contributed by atoms with van der Waals surface area (Å²) in [6.45, 7) is 12.1. The molecule has 3 nitrogen and oxygen atoms in total. The molecule has 0 aromatic carbocycles. The minimum atomic E-state index is 0.586. The maximum absolute atomic E-state index is 5.71. The molecular formula is C16H29NO2. The van der Waals surface area contributed by atoms with Gasteiger partial charge in [-0.15, -0.1) is 0 Å². The molecule has 1 N–H and O–H groups in total. The molecular weight excluding hydrogens is 238 g/mol. The summed E-state index contributed by atoms with van der Waals surface area (Å²) in [6, 6.07) is 4.04. The van der Waals surface area contributed by atoms with Crippen molar-refractivity contribution < 1.29 is 9.15 Å². The molecule has 0 saturated heterocycles. The summed E-state index contributed by atoms with van der Waals surface area (Å²) in [6.07, 6.45) is 2.35. The maximum atomic E-state index is 5.71. The molecule has 110 valence electrons. The molecule has 0 aliphatic heterocycles. The van der Waals surface area contributed by atoms with Crippen molar-refractivity contribution in [2.75, 3.05) is 13.2 Å². The molecule has 0 aliphatic rings. The van der Waals surface area contributed by atoms with E-state index in [1.165, 1.54) is 6.42 Å². The first-order valence-corrected chi connectivity index (χ1v) is 7.44. The van der Waals surface area contributed by atoms with E-state index in [1.54, 1.807) is 0 Å². The Hall–Kier alpha value is -0.800. The molecule has 1 rings (SSSR count). The zero-order chi connectivity index (χ0) is 14.1. The van der Waals surface area contributed by atoms with Gasteiger partial charge in [0.2, 0.25) is 0 Å². The van der Waals surface area contributed by atoms with Gasteiger partial charge in [0.05, 0.1) is 6.54 Å². The van der Waals surface area contributed by atoms with E-state index < -0.39 is 0 Å². The van der Waals surface area contributed by atoms with E-state index in [2.05, 4.69) is 33.0 Å². The van der Waals surface area contributed by atoms with Gasteiger partial charge in [0, 0.05) is 6.61 Å². The first-order valence-electron chi connectivity index (χ1n) is 7.44. The van der Waals surface area contributed by atoms with Crippen molar-refractivity contribution in [1.29, 1.82) is 0 Å². The van der Waals surface area contributed by atoms with E-state index in [4.69, 9.17) is 9.15 Å². The highest BCUT2D eigenvalue weighted by Crippen LogP contribution is 2.10. The number of hydrogen-bond acceptors (Lipinski definition) is 3. The molecule has 1 heterocycles. The van der Waals surface area contributed by atoms with Gasteiger partial charge in [-0.25, -0.2) is 0 Å². The third kappa shape index (κ3) is 8.06. The van der Waals surface area contributed by atoms with Crippen LogP contribution in [0.2, 0.25) is 0 Å². The van der Waals surface area contributed by atoms with Crippen molar-refractivity contribution in [2.45, 2.75) is 53.7 Å². The van der Waals surface area contributed by atoms with Crippen LogP contribution in [-0.4, -0.2) is 13.2 Å². The summed E-state index contributed by atoms with van der Waals surface area (Å²) in [5, 5.41) is 3.37. The Morgan fingerprint density at radius 3 is 2.53 bits per heavy atom. The summed E-state index contributed by atoms with van der Waals surface area (Å²) >= 11 is 0. The molecule has 19 heavy (non-hydrogen) atoms. The summed E-state index contributed by atoms with van der Waals surface area (Å²) in [4.78, 5) is 0. The van der Waals surface area contributed by atoms with Crippen LogP contribution >= 0.6 is 0 Å². The number of furan rings is 1. The topological polar surface area (TPSA) is 34.4 Å². The molecule has 0 amide bonds. The zero-order valence-corrected chi connectivity index (χ0v) is 12.9. The van der Waals surface area contributed by atoms with Crippen molar-refractivity contribution >= 4 is 0 Å². The van der Waals surface area contributed by atoms with Gasteiger partial charge in [0.25, 0.3) is 0 Å². The normalized spacial score (nSPS) is 11.7. The third-order valence-corrected chi connectivity index (χ3v) is 2.88. The quantitative estimate of drug-likeness (QED) is 0.651. The minimum absolute atomic E-state index is 0.586. The fraction of sp³-hybridized carbons (Fsp3) is 0.750. The Morgan fingerprint density at radius 1 is 1.11 bits per heavy atom. The number of ether oxygens (including phenoxy) is 1. The molecule has 0 unspecified atom stereocenters. The van der Waals surface area contributed by atoms with Gasteiger partial charge in [-0.2, -0.15) is 0 Å². The Morgan fingerprint density at radius 2 is 1.84 bits per heavy atom. The standard InChI is InChI=1S/C16H29NO2/c1-13(2)6-5-9-18-12-16-8-7-15(19-16)11-17-10-14(3)4/h7-8,13-14,17H,5-6,9-12H2,1-4H3. The first-order chi connectivity index (χ1) is 9.08. The number of rotatable bonds is 10. The predicted octanol–water partition coefficient (Wildman–Crippen LogP) is 3.98. The van der Waals surface area contributed by atoms with Crippen molar-refractivity contribution in [3.63, 3.8) is 0 Å². The van der Waals surface area contributed by atoms with Crippen LogP contribution in [0.25, 0.3) is 0 Å². The van der Waals surface area contributed by atoms with Crippen LogP contribution < -0.4 is 5.32 Å². The van der Waals surface area contributed by atoms with Crippen molar-refractivity contribution in [1.82, 2.24) is 5.32 Å². The molecule has 0 atom stereocenters. The molecule has 0 spiro atoms. The molecule has 1 aromatic heterocycles. The average Bonchev–Trinajstić information content (AvgIpc) is 2.76. The van der Waals surface area contributed by atoms with Gasteiger partial charge in [-0.1, -0.05) is 27.7 Å². The lowest BCUT2D eigenvalue weighted by Crippen LogP contribution is -2.18. The smallest absolute Gasteiger partial charge is 0.129 e. The van der Waals surface area contributed by atoms with Crippen molar-refractivity contribution in [3.8, 4) is 0 Å². The van der Waals surface area contributed by atoms with Gasteiger partial charge >= 0.3 is 0 Å². The van der Waals surface area contributed by atoms with Gasteiger partial charge < -0.3 is 14.5 Å². The molecule has 1 aromatic rings. The maximum Gasteiger partial charge on any atom is 0.129 e. The number of hydrogen-bond donors (Lipinski definition) is 1. The summed E-state index contributed by atoms with van der Waals surface area (Å²) in [7, 11) is 0. The minimum Gasteiger partial charge on any atom is -0.462 e. The molecule has 3 heteroatoms. The van der Waals surface area contributed by atoms with E-state index in [9.17, 15) is 0 Å². The van der Waals surface area contributed by atoms with E-state index in [-0.39, 0.29) is 0 Å². The van der Waals surface area contributed by atoms with E-state index >= 15 is 0 Å². The Bertz CT molecular complexity index is 331. The second-order valence-corrected chi connectivity index (χ2v) is 5.98. The van der Waals surface area contributed by atoms with Crippen LogP contribution in [0, 0.1) is 11.8 Å². The zero-order valence-electron chi connectivity index (χ0n) is 12.9. The monoisotopic (exact) mass is 267 g/mol. The lowest BCUT2D eigenvalue weighted by Gasteiger charge is -2.06. The van der Waals surface area contributed by atoms with Crippen LogP contribution in [0.5, 0.6) is 0 Å². The lowest BCUT2D eigenvalue weighted by atomic mass is 10.1. The second kappa shape index (κ2) is 9.16. The highest BCUT2D eigenvalue weighted by atomic mass is 16.5. The van der Waals surface area contributed by atoms with Gasteiger partial charge in [0.1, 0.15) is 18.1 Å². The molecule has 0 bridgehead atoms. The van der Waals surface area contributed by atoms with Crippen LogP contribution in [0.3, 0.4) is 0 Å². The van der Waals surface area contributed by atoms with Crippen LogP contribution in [0.15, 0.2) is 16.5 Å². The van der Waals surface area contributed by atoms with Gasteiger partial charge in [-0.3, -0.25) is 0 Å². The summed E-state index contributed by atoms with van der Waals surface area (Å²) in [5.41, 5.74) is 0. The van der Waals surface area contributed by atoms with Crippen LogP contribution in [-0.2, 0) is 17.9 Å². The van der Waals surface area contributed by atoms with Crippen molar-refractivity contribution in [2.24, 2.45) is 11.8 Å². The Labute approximate surface area is 117 Å². The summed E-state index contributed by atoms with van der Waals surface area (Å²) in [5.74, 6) is 3.33. The van der Waals surface area contributed by atoms with Crippen LogP contribution in [0.4, 0.5) is 0 Å². The van der Waals surface area contributed by atoms with E-state index in [0.29, 0.717) is 12.5 Å². The van der Waals surface area contributed by atoms with Gasteiger partial charge in [-0.05, 0) is 43.4 Å². The average molecular weight is 267 g/mol. The SMILES string of the molecule is CC(C)CCCOCc1ccc(CNCC(C)C)o1. The highest BCUT2D eigenvalue weighted by Gasteiger charge is 2.03. The Kier molecular flexibility index (Phi) is 7.84. The molecule has 0 saturated carbocycles. The third-order valence-electron chi connectivity index (χ3n) is 2.88. The predicted molar refractivity (Wildman–Crippen MR) is 79.0 cm³/mol. The highest BCUT2D eigenvalue weighted by molar-refractivity contribution is 5.06. The lowest BCUT2D eigenvalue weighted by molar-refractivity contribution is 0.0997. The van der Waals surface area contributed by atoms with E-state index in [0.717, 1.165) is 43.6 Å². The molecule has 0 fully saturated rings. The number of nitrogens with one attached hydrogen (secondary N) is 1. The largest absolute Gasteiger partial charge is 0.462 e. The second-order valence-electron chi connectivity index (χ2n) is 5.98. The Balaban J connectivity index is 2.12. The fourth-order valence-electron chi connectivity index (χ4n) is 1.85. The molecule has 0 radical (unpaired) electrons. The summed E-state index contributed by atoms with van der Waals surface area (Å²) < 4.78 is 11.3. The van der Waals surface area contributed by atoms with Gasteiger partial charge in [0.15, 0.2) is 0 Å². The fourth-order valence-corrected chi connectivity index (χ4v) is 1.85. The van der Waals surface area contributed by atoms with Crippen LogP contribution in [0.1, 0.15) is 52.1 Å².